The smallest absolute Gasteiger partial charge is 0.141 e. The molecule has 2 N–H and O–H groups in total. The van der Waals surface area contributed by atoms with Gasteiger partial charge in [-0.3, -0.25) is 0 Å². The number of hydrogen-bond acceptors (Lipinski definition) is 6. The molecule has 2 aromatic heterocycles. The first-order valence-corrected chi connectivity index (χ1v) is 11.4. The fourth-order valence-electron chi connectivity index (χ4n) is 3.89. The SMILES string of the molecule is C#Cc1cccc(Nc2ncnc3cc(OC)c(-c4cnc(CCCCCCC=O)[nH]4)cc23)c1. The maximum Gasteiger partial charge on any atom is 0.141 e. The van der Waals surface area contributed by atoms with E-state index in [9.17, 15) is 4.79 Å². The van der Waals surface area contributed by atoms with Crippen LogP contribution in [0.3, 0.4) is 0 Å². The highest BCUT2D eigenvalue weighted by Gasteiger charge is 2.14. The summed E-state index contributed by atoms with van der Waals surface area (Å²) in [5, 5.41) is 4.21. The Balaban J connectivity index is 1.59. The number of methoxy groups -OCH3 is 1. The molecule has 0 fully saturated rings. The normalized spacial score (nSPS) is 10.7. The first kappa shape index (κ1) is 23.0. The number of carbonyl (C=O) groups is 1. The number of benzene rings is 2. The molecule has 0 aliphatic carbocycles. The molecule has 0 aliphatic heterocycles. The largest absolute Gasteiger partial charge is 0.496 e. The third kappa shape index (κ3) is 5.41. The molecule has 0 spiro atoms. The van der Waals surface area contributed by atoms with Crippen molar-refractivity contribution in [1.29, 1.82) is 0 Å². The van der Waals surface area contributed by atoms with Crippen LogP contribution in [0, 0.1) is 12.3 Å². The van der Waals surface area contributed by atoms with Gasteiger partial charge in [-0.1, -0.05) is 24.8 Å². The minimum Gasteiger partial charge on any atom is -0.496 e. The van der Waals surface area contributed by atoms with Gasteiger partial charge in [0.1, 0.15) is 30.0 Å². The van der Waals surface area contributed by atoms with E-state index in [1.165, 1.54) is 6.33 Å². The summed E-state index contributed by atoms with van der Waals surface area (Å²) in [5.41, 5.74) is 4.17. The van der Waals surface area contributed by atoms with Gasteiger partial charge in [0.25, 0.3) is 0 Å². The van der Waals surface area contributed by atoms with Crippen molar-refractivity contribution in [3.05, 3.63) is 60.3 Å². The van der Waals surface area contributed by atoms with Gasteiger partial charge in [-0.05, 0) is 37.1 Å². The number of imidazole rings is 1. The van der Waals surface area contributed by atoms with Crippen LogP contribution in [0.15, 0.2) is 48.9 Å². The van der Waals surface area contributed by atoms with Crippen molar-refractivity contribution in [2.45, 2.75) is 38.5 Å². The van der Waals surface area contributed by atoms with E-state index in [4.69, 9.17) is 11.2 Å². The average molecular weight is 454 g/mol. The Hall–Kier alpha value is -4.18. The summed E-state index contributed by atoms with van der Waals surface area (Å²) in [6.07, 6.45) is 15.5. The number of aromatic nitrogens is 4. The first-order valence-electron chi connectivity index (χ1n) is 11.4. The molecule has 0 atom stereocenters. The van der Waals surface area contributed by atoms with E-state index in [0.717, 1.165) is 77.6 Å². The summed E-state index contributed by atoms with van der Waals surface area (Å²) in [6, 6.07) is 11.6. The topological polar surface area (TPSA) is 92.8 Å². The number of carbonyl (C=O) groups excluding carboxylic acids is 1. The summed E-state index contributed by atoms with van der Waals surface area (Å²) >= 11 is 0. The van der Waals surface area contributed by atoms with E-state index < -0.39 is 0 Å². The Morgan fingerprint density at radius 3 is 2.82 bits per heavy atom. The van der Waals surface area contributed by atoms with Crippen molar-refractivity contribution in [2.75, 3.05) is 12.4 Å². The van der Waals surface area contributed by atoms with E-state index in [-0.39, 0.29) is 0 Å². The predicted octanol–water partition coefficient (Wildman–Crippen LogP) is 5.45. The Kier molecular flexibility index (Phi) is 7.51. The number of aryl methyl sites for hydroxylation is 1. The molecule has 0 saturated carbocycles. The van der Waals surface area contributed by atoms with Gasteiger partial charge in [-0.2, -0.15) is 0 Å². The number of hydrogen-bond donors (Lipinski definition) is 2. The number of aldehydes is 1. The lowest BCUT2D eigenvalue weighted by atomic mass is 10.1. The number of nitrogens with zero attached hydrogens (tertiary/aromatic N) is 3. The summed E-state index contributed by atoms with van der Waals surface area (Å²) in [5.74, 6) is 4.97. The van der Waals surface area contributed by atoms with Crippen molar-refractivity contribution < 1.29 is 9.53 Å². The number of anilines is 2. The molecule has 4 aromatic rings. The van der Waals surface area contributed by atoms with Crippen molar-refractivity contribution in [1.82, 2.24) is 19.9 Å². The van der Waals surface area contributed by atoms with Crippen LogP contribution in [0.1, 0.15) is 43.5 Å². The molecule has 0 saturated heterocycles. The van der Waals surface area contributed by atoms with Gasteiger partial charge in [-0.15, -0.1) is 6.42 Å². The number of ether oxygens (including phenoxy) is 1. The lowest BCUT2D eigenvalue weighted by Gasteiger charge is -2.12. The van der Waals surface area contributed by atoms with Crippen LogP contribution in [0.4, 0.5) is 11.5 Å². The second-order valence-electron chi connectivity index (χ2n) is 8.01. The average Bonchev–Trinajstić information content (AvgIpc) is 3.34. The monoisotopic (exact) mass is 453 g/mol. The highest BCUT2D eigenvalue weighted by molar-refractivity contribution is 5.95. The van der Waals surface area contributed by atoms with Crippen LogP contribution < -0.4 is 10.1 Å². The Bertz CT molecular complexity index is 1320. The van der Waals surface area contributed by atoms with Crippen LogP contribution >= 0.6 is 0 Å². The molecule has 2 aromatic carbocycles. The third-order valence-electron chi connectivity index (χ3n) is 5.65. The number of rotatable bonds is 11. The first-order chi connectivity index (χ1) is 16.7. The van der Waals surface area contributed by atoms with Crippen molar-refractivity contribution in [2.24, 2.45) is 0 Å². The van der Waals surface area contributed by atoms with E-state index in [1.54, 1.807) is 7.11 Å². The van der Waals surface area contributed by atoms with E-state index >= 15 is 0 Å². The molecule has 0 radical (unpaired) electrons. The molecule has 0 bridgehead atoms. The third-order valence-corrected chi connectivity index (χ3v) is 5.65. The Morgan fingerprint density at radius 2 is 2.00 bits per heavy atom. The second kappa shape index (κ2) is 11.1. The Morgan fingerprint density at radius 1 is 1.12 bits per heavy atom. The zero-order chi connectivity index (χ0) is 23.8. The fraction of sp³-hybridized carbons (Fsp3) is 0.259. The van der Waals surface area contributed by atoms with E-state index in [0.29, 0.717) is 18.0 Å². The standard InChI is InChI=1S/C27H27N5O2/c1-3-19-10-9-11-20(14-19)31-27-22-15-21(25(34-2)16-23(22)29-18-30-27)24-17-28-26(32-24)12-7-5-4-6-8-13-33/h1,9-11,13-18H,4-8,12H2,2H3,(H,28,32)(H,29,30,31). The van der Waals surface area contributed by atoms with Crippen LogP contribution in [0.2, 0.25) is 0 Å². The summed E-state index contributed by atoms with van der Waals surface area (Å²) in [7, 11) is 1.65. The van der Waals surface area contributed by atoms with Crippen LogP contribution in [0.5, 0.6) is 5.75 Å². The van der Waals surface area contributed by atoms with Gasteiger partial charge in [0.2, 0.25) is 0 Å². The highest BCUT2D eigenvalue weighted by atomic mass is 16.5. The van der Waals surface area contributed by atoms with Crippen LogP contribution in [-0.2, 0) is 11.2 Å². The number of terminal acetylenes is 1. The Labute approximate surface area is 199 Å². The summed E-state index contributed by atoms with van der Waals surface area (Å²) < 4.78 is 5.66. The molecule has 7 heteroatoms. The van der Waals surface area contributed by atoms with Gasteiger partial charge < -0.3 is 19.8 Å². The number of fused-ring (bicyclic) bond motifs is 1. The fourth-order valence-corrected chi connectivity index (χ4v) is 3.89. The number of aromatic amines is 1. The predicted molar refractivity (Wildman–Crippen MR) is 134 cm³/mol. The lowest BCUT2D eigenvalue weighted by Crippen LogP contribution is -1.98. The van der Waals surface area contributed by atoms with E-state index in [1.807, 2.05) is 42.6 Å². The van der Waals surface area contributed by atoms with Crippen LogP contribution in [0.25, 0.3) is 22.2 Å². The summed E-state index contributed by atoms with van der Waals surface area (Å²) in [6.45, 7) is 0. The molecular formula is C27H27N5O2. The second-order valence-corrected chi connectivity index (χ2v) is 8.01. The van der Waals surface area contributed by atoms with Crippen LogP contribution in [-0.4, -0.2) is 33.3 Å². The zero-order valence-electron chi connectivity index (χ0n) is 19.2. The maximum absolute atomic E-state index is 10.4. The number of H-pyrrole nitrogens is 1. The quantitative estimate of drug-likeness (QED) is 0.178. The lowest BCUT2D eigenvalue weighted by molar-refractivity contribution is -0.107. The molecule has 7 nitrogen and oxygen atoms in total. The molecular weight excluding hydrogens is 426 g/mol. The van der Waals surface area contributed by atoms with Crippen molar-refractivity contribution in [3.8, 4) is 29.4 Å². The molecule has 0 aliphatic rings. The highest BCUT2D eigenvalue weighted by Crippen LogP contribution is 2.35. The van der Waals surface area contributed by atoms with Gasteiger partial charge in [0.05, 0.1) is 24.5 Å². The van der Waals surface area contributed by atoms with Crippen molar-refractivity contribution >= 4 is 28.7 Å². The summed E-state index contributed by atoms with van der Waals surface area (Å²) in [4.78, 5) is 27.3. The maximum atomic E-state index is 10.4. The number of unbranched alkanes of at least 4 members (excludes halogenated alkanes) is 4. The molecule has 172 valence electrons. The van der Waals surface area contributed by atoms with Gasteiger partial charge >= 0.3 is 0 Å². The number of nitrogens with one attached hydrogen (secondary N) is 2. The molecule has 0 amide bonds. The zero-order valence-corrected chi connectivity index (χ0v) is 19.2. The van der Waals surface area contributed by atoms with Gasteiger partial charge in [-0.25, -0.2) is 15.0 Å². The van der Waals surface area contributed by atoms with E-state index in [2.05, 4.69) is 31.2 Å². The van der Waals surface area contributed by atoms with Gasteiger partial charge in [0.15, 0.2) is 0 Å². The van der Waals surface area contributed by atoms with Gasteiger partial charge in [0, 0.05) is 41.1 Å². The minimum absolute atomic E-state index is 0.641. The van der Waals surface area contributed by atoms with Crippen molar-refractivity contribution in [3.63, 3.8) is 0 Å². The molecule has 34 heavy (non-hydrogen) atoms. The minimum atomic E-state index is 0.641. The molecule has 4 rings (SSSR count). The molecule has 0 unspecified atom stereocenters. The molecule has 2 heterocycles.